The molecule has 0 aromatic carbocycles. The Labute approximate surface area is 168 Å². The number of carbonyl (C=O) groups excluding carboxylic acids is 2. The van der Waals surface area contributed by atoms with Gasteiger partial charge in [-0.3, -0.25) is 9.59 Å². The highest BCUT2D eigenvalue weighted by Gasteiger charge is 2.45. The van der Waals surface area contributed by atoms with Crippen molar-refractivity contribution in [3.63, 3.8) is 0 Å². The quantitative estimate of drug-likeness (QED) is 0.609. The van der Waals surface area contributed by atoms with E-state index >= 15 is 0 Å². The molecule has 2 heterocycles. The summed E-state index contributed by atoms with van der Waals surface area (Å²) >= 11 is 0.459. The highest BCUT2D eigenvalue weighted by molar-refractivity contribution is 8.15. The lowest BCUT2D eigenvalue weighted by atomic mass is 10.1. The summed E-state index contributed by atoms with van der Waals surface area (Å²) in [5.74, 6) is -1.99. The Morgan fingerprint density at radius 1 is 1.31 bits per heavy atom. The van der Waals surface area contributed by atoms with E-state index in [1.165, 1.54) is 6.92 Å². The van der Waals surface area contributed by atoms with Gasteiger partial charge in [0.05, 0.1) is 10.6 Å². The Morgan fingerprint density at radius 3 is 2.38 bits per heavy atom. The van der Waals surface area contributed by atoms with Crippen molar-refractivity contribution in [3.05, 3.63) is 34.0 Å². The monoisotopic (exact) mass is 453 g/mol. The molecule has 1 aromatic heterocycles. The van der Waals surface area contributed by atoms with E-state index in [0.29, 0.717) is 17.8 Å². The third-order valence-corrected chi connectivity index (χ3v) is 7.67. The molecule has 8 nitrogen and oxygen atoms in total. The number of nitrogens with one attached hydrogen (secondary N) is 1. The van der Waals surface area contributed by atoms with Crippen LogP contribution in [0.4, 0.5) is 13.2 Å². The molecule has 1 aliphatic heterocycles. The molecule has 0 radical (unpaired) electrons. The Kier molecular flexibility index (Phi) is 6.08. The standard InChI is InChI=1S/C16H18F3N3O5S2/c1-7-4-5-9(16(17,18)19)13(21-7)29(26,27)10-6-8(11(20)23)12(28-10)22-14(24)15(2,3)25/h4-5,10,25H,6H2,1-3H3,(H2,20,23)(H,22,24). The number of nitrogens with two attached hydrogens (primary N) is 1. The number of amides is 2. The number of halogens is 3. The van der Waals surface area contributed by atoms with E-state index in [1.54, 1.807) is 0 Å². The number of alkyl halides is 3. The van der Waals surface area contributed by atoms with Crippen LogP contribution in [0.5, 0.6) is 0 Å². The van der Waals surface area contributed by atoms with Gasteiger partial charge in [-0.1, -0.05) is 11.8 Å². The highest BCUT2D eigenvalue weighted by Crippen LogP contribution is 2.43. The van der Waals surface area contributed by atoms with Crippen molar-refractivity contribution in [2.75, 3.05) is 0 Å². The molecule has 2 amide bonds. The van der Waals surface area contributed by atoms with Gasteiger partial charge in [0.25, 0.3) is 5.91 Å². The minimum atomic E-state index is -4.97. The molecule has 13 heteroatoms. The molecule has 1 aromatic rings. The second-order valence-corrected chi connectivity index (χ2v) is 10.3. The van der Waals surface area contributed by atoms with Gasteiger partial charge in [0.1, 0.15) is 10.2 Å². The molecule has 1 unspecified atom stereocenters. The van der Waals surface area contributed by atoms with Gasteiger partial charge in [-0.25, -0.2) is 13.4 Å². The van der Waals surface area contributed by atoms with E-state index in [9.17, 15) is 36.3 Å². The van der Waals surface area contributed by atoms with E-state index in [0.717, 1.165) is 19.9 Å². The van der Waals surface area contributed by atoms with Gasteiger partial charge in [0.2, 0.25) is 15.7 Å². The number of pyridine rings is 1. The molecule has 29 heavy (non-hydrogen) atoms. The second kappa shape index (κ2) is 7.61. The number of hydrogen-bond donors (Lipinski definition) is 3. The smallest absolute Gasteiger partial charge is 0.381 e. The van der Waals surface area contributed by atoms with Crippen LogP contribution in [0.25, 0.3) is 0 Å². The molecule has 1 atom stereocenters. The number of rotatable bonds is 5. The SMILES string of the molecule is Cc1ccc(C(F)(F)F)c(S(=O)(=O)C2CC(C(N)=O)=C(NC(=O)C(C)(C)O)S2)n1. The molecule has 1 aliphatic rings. The van der Waals surface area contributed by atoms with E-state index in [4.69, 9.17) is 5.73 Å². The fourth-order valence-corrected chi connectivity index (χ4v) is 5.80. The Balaban J connectivity index is 2.46. The van der Waals surface area contributed by atoms with Crippen LogP contribution in [-0.4, -0.2) is 40.5 Å². The van der Waals surface area contributed by atoms with Gasteiger partial charge < -0.3 is 16.2 Å². The maximum Gasteiger partial charge on any atom is 0.419 e. The number of nitrogens with zero attached hydrogens (tertiary/aromatic N) is 1. The fourth-order valence-electron chi connectivity index (χ4n) is 2.34. The third-order valence-electron chi connectivity index (χ3n) is 3.89. The molecule has 0 saturated carbocycles. The van der Waals surface area contributed by atoms with E-state index in [-0.39, 0.29) is 16.3 Å². The Hall–Kier alpha value is -2.12. The van der Waals surface area contributed by atoms with Crippen LogP contribution >= 0.6 is 11.8 Å². The van der Waals surface area contributed by atoms with Crippen molar-refractivity contribution in [1.29, 1.82) is 0 Å². The van der Waals surface area contributed by atoms with E-state index < -0.39 is 55.0 Å². The topological polar surface area (TPSA) is 139 Å². The van der Waals surface area contributed by atoms with Crippen molar-refractivity contribution >= 4 is 33.4 Å². The van der Waals surface area contributed by atoms with Crippen molar-refractivity contribution in [2.24, 2.45) is 5.73 Å². The second-order valence-electron chi connectivity index (χ2n) is 6.78. The Morgan fingerprint density at radius 2 is 1.90 bits per heavy atom. The minimum Gasteiger partial charge on any atom is -0.381 e. The zero-order valence-corrected chi connectivity index (χ0v) is 17.1. The molecular weight excluding hydrogens is 435 g/mol. The molecular formula is C16H18F3N3O5S2. The van der Waals surface area contributed by atoms with Gasteiger partial charge >= 0.3 is 6.18 Å². The summed E-state index contributed by atoms with van der Waals surface area (Å²) in [6.07, 6.45) is -5.50. The number of aryl methyl sites for hydroxylation is 1. The van der Waals surface area contributed by atoms with Crippen LogP contribution in [0.2, 0.25) is 0 Å². The number of aliphatic hydroxyl groups is 1. The van der Waals surface area contributed by atoms with Crippen LogP contribution < -0.4 is 11.1 Å². The number of primary amides is 1. The van der Waals surface area contributed by atoms with Crippen LogP contribution in [0, 0.1) is 6.92 Å². The summed E-state index contributed by atoms with van der Waals surface area (Å²) < 4.78 is 64.2. The first kappa shape index (κ1) is 23.2. The lowest BCUT2D eigenvalue weighted by molar-refractivity contribution is -0.140. The van der Waals surface area contributed by atoms with Crippen molar-refractivity contribution in [1.82, 2.24) is 10.3 Å². The highest BCUT2D eigenvalue weighted by atomic mass is 32.3. The molecule has 0 saturated heterocycles. The molecule has 0 bridgehead atoms. The van der Waals surface area contributed by atoms with Gasteiger partial charge in [0, 0.05) is 17.7 Å². The van der Waals surface area contributed by atoms with Gasteiger partial charge in [-0.2, -0.15) is 13.2 Å². The minimum absolute atomic E-state index is 0.0539. The number of carbonyl (C=O) groups is 2. The number of sulfone groups is 1. The lowest BCUT2D eigenvalue weighted by Gasteiger charge is -2.18. The molecule has 160 valence electrons. The molecule has 0 spiro atoms. The first-order chi connectivity index (χ1) is 13.0. The maximum absolute atomic E-state index is 13.3. The summed E-state index contributed by atoms with van der Waals surface area (Å²) in [6, 6.07) is 1.65. The number of thioether (sulfide) groups is 1. The van der Waals surface area contributed by atoms with Gasteiger partial charge in [-0.15, -0.1) is 0 Å². The van der Waals surface area contributed by atoms with Gasteiger partial charge in [0.15, 0.2) is 5.03 Å². The zero-order chi connectivity index (χ0) is 22.4. The molecule has 2 rings (SSSR count). The van der Waals surface area contributed by atoms with Crippen LogP contribution in [0.15, 0.2) is 27.8 Å². The molecule has 4 N–H and O–H groups in total. The summed E-state index contributed by atoms with van der Waals surface area (Å²) in [5, 5.41) is 10.5. The first-order valence-corrected chi connectivity index (χ1v) is 10.5. The summed E-state index contributed by atoms with van der Waals surface area (Å²) in [4.78, 5) is 27.2. The molecule has 0 aliphatic carbocycles. The summed E-state index contributed by atoms with van der Waals surface area (Å²) in [6.45, 7) is 3.66. The van der Waals surface area contributed by atoms with Crippen molar-refractivity contribution in [2.45, 2.75) is 48.6 Å². The zero-order valence-electron chi connectivity index (χ0n) is 15.5. The van der Waals surface area contributed by atoms with Crippen molar-refractivity contribution in [3.8, 4) is 0 Å². The van der Waals surface area contributed by atoms with Crippen molar-refractivity contribution < 1.29 is 36.3 Å². The van der Waals surface area contributed by atoms with Crippen LogP contribution in [0.1, 0.15) is 31.5 Å². The summed E-state index contributed by atoms with van der Waals surface area (Å²) in [7, 11) is -4.68. The fraction of sp³-hybridized carbons (Fsp3) is 0.438. The number of hydrogen-bond acceptors (Lipinski definition) is 7. The summed E-state index contributed by atoms with van der Waals surface area (Å²) in [5.41, 5.74) is 1.72. The largest absolute Gasteiger partial charge is 0.419 e. The Bertz CT molecular complexity index is 998. The predicted octanol–water partition coefficient (Wildman–Crippen LogP) is 1.23. The lowest BCUT2D eigenvalue weighted by Crippen LogP contribution is -2.41. The van der Waals surface area contributed by atoms with Gasteiger partial charge in [-0.05, 0) is 32.9 Å². The van der Waals surface area contributed by atoms with E-state index in [2.05, 4.69) is 10.3 Å². The normalized spacial score (nSPS) is 18.1. The third kappa shape index (κ3) is 4.90. The average Bonchev–Trinajstić information content (AvgIpc) is 2.97. The first-order valence-electron chi connectivity index (χ1n) is 8.07. The van der Waals surface area contributed by atoms with Crippen LogP contribution in [-0.2, 0) is 25.6 Å². The number of aromatic nitrogens is 1. The van der Waals surface area contributed by atoms with E-state index in [1.807, 2.05) is 0 Å². The average molecular weight is 453 g/mol. The maximum atomic E-state index is 13.3. The predicted molar refractivity (Wildman–Crippen MR) is 97.8 cm³/mol. The van der Waals surface area contributed by atoms with Crippen LogP contribution in [0.3, 0.4) is 0 Å². The molecule has 0 fully saturated rings.